The highest BCUT2D eigenvalue weighted by Crippen LogP contribution is 2.25. The van der Waals surface area contributed by atoms with E-state index in [0.717, 1.165) is 5.56 Å². The Kier molecular flexibility index (Phi) is 5.16. The lowest BCUT2D eigenvalue weighted by Crippen LogP contribution is -2.14. The summed E-state index contributed by atoms with van der Waals surface area (Å²) >= 11 is 5.86. The smallest absolute Gasteiger partial charge is 0.266 e. The van der Waals surface area contributed by atoms with E-state index in [9.17, 15) is 14.4 Å². The van der Waals surface area contributed by atoms with Crippen LogP contribution >= 0.6 is 11.6 Å². The molecule has 1 N–H and O–H groups in total. The third kappa shape index (κ3) is 4.00. The molecule has 0 aliphatic rings. The van der Waals surface area contributed by atoms with Crippen LogP contribution in [0.4, 0.5) is 10.1 Å². The average molecular weight is 367 g/mol. The highest BCUT2D eigenvalue weighted by molar-refractivity contribution is 6.30. The molecule has 1 aromatic heterocycles. The Balaban J connectivity index is 1.81. The first kappa shape index (κ1) is 17.5. The van der Waals surface area contributed by atoms with E-state index in [2.05, 4.69) is 5.32 Å². The van der Waals surface area contributed by atoms with Gasteiger partial charge in [-0.15, -0.1) is 0 Å². The summed E-state index contributed by atoms with van der Waals surface area (Å²) in [5.74, 6) is -0.405. The van der Waals surface area contributed by atoms with Crippen molar-refractivity contribution >= 4 is 29.3 Å². The van der Waals surface area contributed by atoms with Crippen LogP contribution in [0.1, 0.15) is 5.76 Å². The second kappa shape index (κ2) is 7.68. The van der Waals surface area contributed by atoms with Crippen molar-refractivity contribution in [1.82, 2.24) is 0 Å². The number of carbonyl (C=O) groups is 1. The van der Waals surface area contributed by atoms with E-state index in [1.165, 1.54) is 24.3 Å². The molecule has 0 radical (unpaired) electrons. The van der Waals surface area contributed by atoms with Crippen molar-refractivity contribution < 1.29 is 13.6 Å². The predicted octanol–water partition coefficient (Wildman–Crippen LogP) is 5.28. The Labute approximate surface area is 154 Å². The molecule has 26 heavy (non-hydrogen) atoms. The number of amides is 1. The number of carbonyl (C=O) groups excluding carboxylic acids is 1. The molecule has 0 spiro atoms. The van der Waals surface area contributed by atoms with E-state index in [0.29, 0.717) is 16.5 Å². The van der Waals surface area contributed by atoms with Crippen LogP contribution in [0.15, 0.2) is 70.7 Å². The maximum atomic E-state index is 13.6. The Hall–Kier alpha value is -3.36. The predicted molar refractivity (Wildman–Crippen MR) is 97.8 cm³/mol. The van der Waals surface area contributed by atoms with Crippen LogP contribution in [0.25, 0.3) is 17.4 Å². The lowest BCUT2D eigenvalue weighted by molar-refractivity contribution is -0.112. The first-order valence-corrected chi connectivity index (χ1v) is 7.98. The van der Waals surface area contributed by atoms with Gasteiger partial charge in [0.15, 0.2) is 0 Å². The molecule has 2 aromatic carbocycles. The number of rotatable bonds is 4. The van der Waals surface area contributed by atoms with Crippen LogP contribution in [0.5, 0.6) is 0 Å². The van der Waals surface area contributed by atoms with Gasteiger partial charge >= 0.3 is 0 Å². The summed E-state index contributed by atoms with van der Waals surface area (Å²) in [7, 11) is 0. The second-order valence-corrected chi connectivity index (χ2v) is 5.75. The quantitative estimate of drug-likeness (QED) is 0.504. The van der Waals surface area contributed by atoms with Gasteiger partial charge in [-0.25, -0.2) is 4.39 Å². The number of hydrogen-bond donors (Lipinski definition) is 1. The third-order valence-electron chi connectivity index (χ3n) is 3.53. The summed E-state index contributed by atoms with van der Waals surface area (Å²) in [5, 5.41) is 12.2. The van der Waals surface area contributed by atoms with Crippen molar-refractivity contribution in [3.8, 4) is 17.4 Å². The van der Waals surface area contributed by atoms with E-state index < -0.39 is 11.7 Å². The monoisotopic (exact) mass is 366 g/mol. The van der Waals surface area contributed by atoms with E-state index in [1.807, 2.05) is 0 Å². The Morgan fingerprint density at radius 2 is 1.85 bits per heavy atom. The average Bonchev–Trinajstić information content (AvgIpc) is 3.10. The minimum absolute atomic E-state index is 0.0000480. The zero-order valence-corrected chi connectivity index (χ0v) is 14.1. The molecule has 0 bridgehead atoms. The van der Waals surface area contributed by atoms with Crippen molar-refractivity contribution in [3.05, 3.63) is 82.8 Å². The number of nitrogens with zero attached hydrogens (tertiary/aromatic N) is 1. The molecule has 0 saturated heterocycles. The maximum absolute atomic E-state index is 13.6. The lowest BCUT2D eigenvalue weighted by atomic mass is 10.2. The van der Waals surface area contributed by atoms with Gasteiger partial charge in [-0.1, -0.05) is 23.7 Å². The highest BCUT2D eigenvalue weighted by atomic mass is 35.5. The van der Waals surface area contributed by atoms with Gasteiger partial charge in [-0.05, 0) is 48.5 Å². The zero-order valence-electron chi connectivity index (χ0n) is 13.4. The van der Waals surface area contributed by atoms with Crippen molar-refractivity contribution in [2.75, 3.05) is 5.32 Å². The SMILES string of the molecule is N#C/C(=C/c1ccc(-c2ccc(Cl)cc2)o1)C(=O)Nc1ccccc1F. The van der Waals surface area contributed by atoms with Crippen molar-refractivity contribution in [2.24, 2.45) is 0 Å². The minimum atomic E-state index is -0.720. The molecular weight excluding hydrogens is 355 g/mol. The first-order valence-electron chi connectivity index (χ1n) is 7.60. The van der Waals surface area contributed by atoms with Crippen LogP contribution in [0.2, 0.25) is 5.02 Å². The van der Waals surface area contributed by atoms with Crippen LogP contribution in [0.3, 0.4) is 0 Å². The Morgan fingerprint density at radius 3 is 2.54 bits per heavy atom. The van der Waals surface area contributed by atoms with Gasteiger partial charge in [0.05, 0.1) is 5.69 Å². The van der Waals surface area contributed by atoms with E-state index in [-0.39, 0.29) is 11.3 Å². The first-order chi connectivity index (χ1) is 12.6. The minimum Gasteiger partial charge on any atom is -0.457 e. The van der Waals surface area contributed by atoms with Crippen LogP contribution in [-0.2, 0) is 4.79 Å². The zero-order chi connectivity index (χ0) is 18.5. The van der Waals surface area contributed by atoms with Gasteiger partial charge in [0, 0.05) is 16.7 Å². The molecule has 1 amide bonds. The number of hydrogen-bond acceptors (Lipinski definition) is 3. The topological polar surface area (TPSA) is 66.0 Å². The van der Waals surface area contributed by atoms with Gasteiger partial charge < -0.3 is 9.73 Å². The molecule has 0 saturated carbocycles. The molecule has 0 fully saturated rings. The molecular formula is C20H12ClFN2O2. The summed E-state index contributed by atoms with van der Waals surface area (Å²) < 4.78 is 19.3. The largest absolute Gasteiger partial charge is 0.457 e. The lowest BCUT2D eigenvalue weighted by Gasteiger charge is -2.04. The standard InChI is InChI=1S/C20H12ClFN2O2/c21-15-7-5-13(6-8-15)19-10-9-16(26-19)11-14(12-23)20(25)24-18-4-2-1-3-17(18)22/h1-11H,(H,24,25)/b14-11-. The van der Waals surface area contributed by atoms with E-state index in [1.54, 1.807) is 48.5 Å². The molecule has 128 valence electrons. The van der Waals surface area contributed by atoms with Gasteiger partial charge in [-0.3, -0.25) is 4.79 Å². The van der Waals surface area contributed by atoms with Gasteiger partial charge in [0.25, 0.3) is 5.91 Å². The molecule has 4 nitrogen and oxygen atoms in total. The highest BCUT2D eigenvalue weighted by Gasteiger charge is 2.13. The third-order valence-corrected chi connectivity index (χ3v) is 3.78. The van der Waals surface area contributed by atoms with Gasteiger partial charge in [0.1, 0.15) is 29.0 Å². The Bertz CT molecular complexity index is 1020. The fraction of sp³-hybridized carbons (Fsp3) is 0. The molecule has 1 heterocycles. The summed E-state index contributed by atoms with van der Waals surface area (Å²) in [6, 6.07) is 17.9. The fourth-order valence-corrected chi connectivity index (χ4v) is 2.37. The summed E-state index contributed by atoms with van der Waals surface area (Å²) in [6.45, 7) is 0. The van der Waals surface area contributed by atoms with E-state index >= 15 is 0 Å². The molecule has 0 aliphatic carbocycles. The number of para-hydroxylation sites is 1. The summed E-state index contributed by atoms with van der Waals surface area (Å²) in [4.78, 5) is 12.2. The summed E-state index contributed by atoms with van der Waals surface area (Å²) in [6.07, 6.45) is 1.30. The number of anilines is 1. The molecule has 3 aromatic rings. The maximum Gasteiger partial charge on any atom is 0.266 e. The number of nitriles is 1. The number of furan rings is 1. The van der Waals surface area contributed by atoms with Crippen LogP contribution < -0.4 is 5.32 Å². The van der Waals surface area contributed by atoms with Crippen molar-refractivity contribution in [1.29, 1.82) is 5.26 Å². The van der Waals surface area contributed by atoms with Gasteiger partial charge in [-0.2, -0.15) is 5.26 Å². The van der Waals surface area contributed by atoms with Crippen molar-refractivity contribution in [2.45, 2.75) is 0 Å². The molecule has 0 atom stereocenters. The van der Waals surface area contributed by atoms with Crippen molar-refractivity contribution in [3.63, 3.8) is 0 Å². The van der Waals surface area contributed by atoms with E-state index in [4.69, 9.17) is 16.0 Å². The number of benzene rings is 2. The van der Waals surface area contributed by atoms with Gasteiger partial charge in [0.2, 0.25) is 0 Å². The fourth-order valence-electron chi connectivity index (χ4n) is 2.24. The molecule has 0 unspecified atom stereocenters. The normalized spacial score (nSPS) is 11.0. The molecule has 6 heteroatoms. The Morgan fingerprint density at radius 1 is 1.12 bits per heavy atom. The number of nitrogens with one attached hydrogen (secondary N) is 1. The van der Waals surface area contributed by atoms with Crippen LogP contribution in [-0.4, -0.2) is 5.91 Å². The summed E-state index contributed by atoms with van der Waals surface area (Å²) in [5.41, 5.74) is 0.605. The molecule has 3 rings (SSSR count). The number of halogens is 2. The molecule has 0 aliphatic heterocycles. The second-order valence-electron chi connectivity index (χ2n) is 5.31. The van der Waals surface area contributed by atoms with Crippen LogP contribution in [0, 0.1) is 17.1 Å².